The topological polar surface area (TPSA) is 529 Å². The molecule has 3 heterocycles. The number of fused-ring (bicyclic) bond motifs is 5. The lowest BCUT2D eigenvalue weighted by Crippen LogP contribution is -2.68. The van der Waals surface area contributed by atoms with Crippen molar-refractivity contribution in [3.8, 4) is 0 Å². The molecule has 0 aromatic rings. The van der Waals surface area contributed by atoms with Gasteiger partial charge in [0.15, 0.2) is 31.3 Å². The van der Waals surface area contributed by atoms with Crippen LogP contribution in [0, 0.1) is 28.6 Å². The number of nitrogens with two attached hydrogens (primary N) is 6. The Labute approximate surface area is 438 Å². The SMILES string of the molecule is CC(=O)OCC(=O)[C@@]1(O)CC[C@H]2[C@@H]3CCC4=CC(=O)C=C[C@]4(C)[C@H]3[C@@H](O)C[C@@]21C.NC[C@@H]1OC(O[C@H]2[C@@H](O)[C@H](O[C@@H]3[C@@H](O)[C@H](N)C[C@H](N)[C@H]3O[C@H]3O[C@H](CN)[C@@H](O)[C@H](O)[C@H]3N)O[C@@H]2CO)[C@H](N)[C@@H](O)[C@@H]1O.O=S(=O)(O)O. The second kappa shape index (κ2) is 24.6. The molecule has 8 aliphatic rings. The van der Waals surface area contributed by atoms with Gasteiger partial charge in [0.25, 0.3) is 0 Å². The molecule has 0 radical (unpaired) electrons. The monoisotopic (exact) mass is 1110 g/mol. The Bertz CT molecular complexity index is 2210. The molecule has 3 aliphatic heterocycles. The number of Topliss-reactive ketones (excluding diaryl/α,β-unsaturated/α-hetero) is 1. The lowest BCUT2D eigenvalue weighted by molar-refractivity contribution is -0.306. The van der Waals surface area contributed by atoms with Gasteiger partial charge in [0.2, 0.25) is 5.78 Å². The summed E-state index contributed by atoms with van der Waals surface area (Å²) >= 11 is 0. The zero-order valence-electron chi connectivity index (χ0n) is 42.3. The smallest absolute Gasteiger partial charge is 0.394 e. The van der Waals surface area contributed by atoms with Gasteiger partial charge in [0, 0.05) is 48.8 Å². The van der Waals surface area contributed by atoms with Crippen molar-refractivity contribution in [1.82, 2.24) is 0 Å². The fourth-order valence-electron chi connectivity index (χ4n) is 12.8. The van der Waals surface area contributed by atoms with E-state index in [1.165, 1.54) is 6.92 Å². The molecule has 4 saturated carbocycles. The number of ketones is 2. The summed E-state index contributed by atoms with van der Waals surface area (Å²) < 4.78 is 71.1. The molecule has 29 nitrogen and oxygen atoms in total. The Morgan fingerprint density at radius 1 is 0.750 bits per heavy atom. The van der Waals surface area contributed by atoms with Crippen LogP contribution in [0.2, 0.25) is 0 Å². The number of carbonyl (C=O) groups is 3. The molecule has 23 N–H and O–H groups in total. The van der Waals surface area contributed by atoms with E-state index in [0.29, 0.717) is 19.3 Å². The first-order valence-electron chi connectivity index (χ1n) is 25.1. The van der Waals surface area contributed by atoms with E-state index in [-0.39, 0.29) is 48.5 Å². The van der Waals surface area contributed by atoms with Crippen LogP contribution in [-0.2, 0) is 57.9 Å². The third kappa shape index (κ3) is 12.6. The second-order valence-corrected chi connectivity index (χ2v) is 22.4. The Kier molecular flexibility index (Phi) is 20.2. The van der Waals surface area contributed by atoms with E-state index in [2.05, 4.69) is 6.92 Å². The number of carbonyl (C=O) groups excluding carboxylic acids is 3. The maximum Gasteiger partial charge on any atom is 0.394 e. The summed E-state index contributed by atoms with van der Waals surface area (Å²) in [5.41, 5.74) is 34.0. The Balaban J connectivity index is 0.000000238. The maximum absolute atomic E-state index is 12.9. The van der Waals surface area contributed by atoms with Crippen molar-refractivity contribution < 1.29 is 111 Å². The summed E-state index contributed by atoms with van der Waals surface area (Å²) in [5, 5.41) is 95.7. The van der Waals surface area contributed by atoms with Gasteiger partial charge in [-0.25, -0.2) is 0 Å². The average molecular weight is 1120 g/mol. The van der Waals surface area contributed by atoms with Crippen molar-refractivity contribution in [3.63, 3.8) is 0 Å². The lowest BCUT2D eigenvalue weighted by Gasteiger charge is -2.59. The minimum atomic E-state index is -4.67. The minimum Gasteiger partial charge on any atom is -0.458 e. The molecular formula is C46H78N6O23S. The predicted octanol–water partition coefficient (Wildman–Crippen LogP) is -7.42. The van der Waals surface area contributed by atoms with Crippen molar-refractivity contribution in [2.75, 3.05) is 26.3 Å². The van der Waals surface area contributed by atoms with E-state index in [4.69, 9.17) is 85.1 Å². The van der Waals surface area contributed by atoms with E-state index in [0.717, 1.165) is 18.4 Å². The molecule has 0 spiro atoms. The summed E-state index contributed by atoms with van der Waals surface area (Å²) in [6.45, 7) is 3.84. The van der Waals surface area contributed by atoms with Crippen LogP contribution in [0.15, 0.2) is 23.8 Å². The largest absolute Gasteiger partial charge is 0.458 e. The molecule has 0 aromatic heterocycles. The molecule has 8 rings (SSSR count). The Morgan fingerprint density at radius 3 is 1.80 bits per heavy atom. The summed E-state index contributed by atoms with van der Waals surface area (Å²) in [6.07, 6.45) is -12.3. The van der Waals surface area contributed by atoms with Crippen molar-refractivity contribution in [2.24, 2.45) is 63.0 Å². The fourth-order valence-corrected chi connectivity index (χ4v) is 12.8. The van der Waals surface area contributed by atoms with Gasteiger partial charge in [0.1, 0.15) is 72.7 Å². The number of hydrogen-bond donors (Lipinski definition) is 17. The minimum absolute atomic E-state index is 0.00243. The predicted molar refractivity (Wildman–Crippen MR) is 257 cm³/mol. The molecule has 26 atom stereocenters. The normalized spacial score (nSPS) is 47.9. The van der Waals surface area contributed by atoms with Crippen molar-refractivity contribution >= 4 is 27.9 Å². The van der Waals surface area contributed by atoms with Gasteiger partial charge < -0.3 is 114 Å². The van der Waals surface area contributed by atoms with Crippen LogP contribution in [0.5, 0.6) is 0 Å². The van der Waals surface area contributed by atoms with E-state index in [1.54, 1.807) is 12.2 Å². The molecule has 3 saturated heterocycles. The molecule has 1 unspecified atom stereocenters. The van der Waals surface area contributed by atoms with Crippen LogP contribution < -0.4 is 34.4 Å². The molecule has 5 aliphatic carbocycles. The maximum atomic E-state index is 12.9. The first kappa shape index (κ1) is 62.5. The first-order chi connectivity index (χ1) is 35.4. The van der Waals surface area contributed by atoms with Gasteiger partial charge in [0.05, 0.1) is 30.9 Å². The van der Waals surface area contributed by atoms with E-state index < -0.39 is 169 Å². The molecule has 0 aromatic carbocycles. The number of allylic oxidation sites excluding steroid dienone is 4. The van der Waals surface area contributed by atoms with Gasteiger partial charge in [-0.2, -0.15) is 8.42 Å². The Morgan fingerprint density at radius 2 is 1.28 bits per heavy atom. The van der Waals surface area contributed by atoms with Crippen LogP contribution in [0.4, 0.5) is 0 Å². The molecular weight excluding hydrogens is 1040 g/mol. The van der Waals surface area contributed by atoms with Crippen molar-refractivity contribution in [1.29, 1.82) is 0 Å². The lowest BCUT2D eigenvalue weighted by atomic mass is 9.46. The average Bonchev–Trinajstić information content (AvgIpc) is 3.81. The summed E-state index contributed by atoms with van der Waals surface area (Å²) in [4.78, 5) is 35.9. The number of rotatable bonds is 12. The molecule has 7 fully saturated rings. The van der Waals surface area contributed by atoms with Crippen molar-refractivity contribution in [2.45, 2.75) is 187 Å². The highest BCUT2D eigenvalue weighted by Crippen LogP contribution is 2.67. The molecule has 30 heteroatoms. The molecule has 0 amide bonds. The van der Waals surface area contributed by atoms with Crippen molar-refractivity contribution in [3.05, 3.63) is 23.8 Å². The zero-order valence-corrected chi connectivity index (χ0v) is 43.1. The van der Waals surface area contributed by atoms with Crippen LogP contribution in [0.3, 0.4) is 0 Å². The van der Waals surface area contributed by atoms with E-state index >= 15 is 0 Å². The number of hydrogen-bond acceptors (Lipinski definition) is 27. The molecule has 76 heavy (non-hydrogen) atoms. The standard InChI is InChI=1S/C23H46N6O13.C23H30O6.H2O4S/c24-2-7-13(32)15(34)10(28)21(37-7)40-18-6(27)1-5(26)12(31)20(18)42-23-17(36)19(9(4-30)39-23)41-22-11(29)16(35)14(33)8(3-25)38-22;1-13(24)29-12-19(27)23(28)9-7-17-16-5-4-14-10-15(25)6-8-21(14,2)20(16)18(26)11-22(17,23)3;1-5(2,3)4/h5-23,30-36H,1-4,24-29H2;6,8,10,16-18,20,26,28H,4-5,7,9,11-12H2,1-3H3;(H2,1,2,3,4)/t5-,6+,7-,8+,9-,10-,11-,12+,13-,14-,15-,16-,17-,18-,19-,20-,21-,22?,23+;16-,17-,18-,20+,21-,22-,23-;/m10./s1. The zero-order chi connectivity index (χ0) is 56.7. The highest BCUT2D eigenvalue weighted by Gasteiger charge is 2.68. The second-order valence-electron chi connectivity index (χ2n) is 21.5. The highest BCUT2D eigenvalue weighted by molar-refractivity contribution is 7.79. The van der Waals surface area contributed by atoms with Gasteiger partial charge in [-0.15, -0.1) is 0 Å². The van der Waals surface area contributed by atoms with Crippen LogP contribution in [-0.4, -0.2) is 235 Å². The van der Waals surface area contributed by atoms with Crippen LogP contribution in [0.25, 0.3) is 0 Å². The third-order valence-corrected chi connectivity index (χ3v) is 16.9. The van der Waals surface area contributed by atoms with Crippen LogP contribution in [0.1, 0.15) is 59.3 Å². The summed E-state index contributed by atoms with van der Waals surface area (Å²) in [7, 11) is -4.67. The van der Waals surface area contributed by atoms with E-state index in [1.807, 2.05) is 13.0 Å². The quantitative estimate of drug-likeness (QED) is 0.0638. The number of aliphatic hydroxyl groups excluding tert-OH is 8. The first-order valence-corrected chi connectivity index (χ1v) is 26.5. The number of ether oxygens (including phenoxy) is 7. The summed E-state index contributed by atoms with van der Waals surface area (Å²) in [6, 6.07) is -4.18. The van der Waals surface area contributed by atoms with Gasteiger partial charge in [-0.3, -0.25) is 23.5 Å². The van der Waals surface area contributed by atoms with Gasteiger partial charge in [-0.1, -0.05) is 25.5 Å². The Hall–Kier alpha value is -2.68. The molecule has 436 valence electrons. The fraction of sp³-hybridized carbons (Fsp3) is 0.848. The molecule has 0 bridgehead atoms. The van der Waals surface area contributed by atoms with Gasteiger partial charge in [-0.05, 0) is 62.5 Å². The number of aliphatic hydroxyl groups is 9. The third-order valence-electron chi connectivity index (χ3n) is 16.9. The van der Waals surface area contributed by atoms with Gasteiger partial charge >= 0.3 is 16.4 Å². The number of esters is 1. The highest BCUT2D eigenvalue weighted by atomic mass is 32.3. The summed E-state index contributed by atoms with van der Waals surface area (Å²) in [5.74, 6) is -0.836. The van der Waals surface area contributed by atoms with Crippen LogP contribution >= 0.6 is 0 Å². The van der Waals surface area contributed by atoms with E-state index in [9.17, 15) is 60.3 Å².